The van der Waals surface area contributed by atoms with Crippen LogP contribution in [0.1, 0.15) is 11.3 Å². The van der Waals surface area contributed by atoms with E-state index in [1.54, 1.807) is 24.5 Å². The number of nitrogens with zero attached hydrogens (tertiary/aromatic N) is 3. The van der Waals surface area contributed by atoms with Gasteiger partial charge in [-0.1, -0.05) is 12.1 Å². The Kier molecular flexibility index (Phi) is 6.89. The van der Waals surface area contributed by atoms with Crippen molar-refractivity contribution in [1.82, 2.24) is 8.87 Å². The van der Waals surface area contributed by atoms with Crippen LogP contribution in [0.25, 0.3) is 22.0 Å². The van der Waals surface area contributed by atoms with Crippen LogP contribution in [-0.2, 0) is 17.5 Å². The molecule has 6 N–H and O–H groups in total. The molecule has 0 aliphatic rings. The molecule has 0 saturated heterocycles. The molecule has 2 aromatic carbocycles. The first-order valence-electron chi connectivity index (χ1n) is 9.69. The van der Waals surface area contributed by atoms with Gasteiger partial charge in [0.05, 0.1) is 11.4 Å². The largest absolute Gasteiger partial charge is 0.382 e. The molecular weight excluding hydrogens is 415 g/mol. The lowest BCUT2D eigenvalue weighted by Gasteiger charge is -2.11. The minimum Gasteiger partial charge on any atom is -0.382 e. The Balaban J connectivity index is 2.29. The molecule has 0 fully saturated rings. The second-order valence-corrected chi connectivity index (χ2v) is 8.97. The highest BCUT2D eigenvalue weighted by atomic mass is 32.2. The Bertz CT molecular complexity index is 1200. The molecule has 1 heterocycles. The van der Waals surface area contributed by atoms with Crippen molar-refractivity contribution >= 4 is 27.7 Å². The van der Waals surface area contributed by atoms with Crippen molar-refractivity contribution in [3.63, 3.8) is 0 Å². The Labute approximate surface area is 183 Å². The molecule has 0 aliphatic carbocycles. The van der Waals surface area contributed by atoms with Crippen molar-refractivity contribution in [3.8, 4) is 11.1 Å². The Morgan fingerprint density at radius 2 is 2.00 bits per heavy atom. The Morgan fingerprint density at radius 3 is 2.65 bits per heavy atom. The molecule has 7 nitrogen and oxygen atoms in total. The third-order valence-corrected chi connectivity index (χ3v) is 6.38. The molecule has 1 aromatic heterocycles. The summed E-state index contributed by atoms with van der Waals surface area (Å²) in [5.74, 6) is 5.25. The van der Waals surface area contributed by atoms with E-state index >= 15 is 0 Å². The van der Waals surface area contributed by atoms with Gasteiger partial charge in [0, 0.05) is 34.3 Å². The summed E-state index contributed by atoms with van der Waals surface area (Å²) < 4.78 is 30.5. The van der Waals surface area contributed by atoms with Crippen LogP contribution in [0.5, 0.6) is 0 Å². The first-order chi connectivity index (χ1) is 14.8. The average Bonchev–Trinajstić information content (AvgIpc) is 3.03. The van der Waals surface area contributed by atoms with Crippen molar-refractivity contribution in [1.29, 1.82) is 0 Å². The van der Waals surface area contributed by atoms with Crippen molar-refractivity contribution < 1.29 is 8.60 Å². The number of rotatable bonds is 7. The summed E-state index contributed by atoms with van der Waals surface area (Å²) in [5.41, 5.74) is 15.5. The summed E-state index contributed by atoms with van der Waals surface area (Å²) >= 11 is 0. The van der Waals surface area contributed by atoms with Gasteiger partial charge in [-0.25, -0.2) is 12.9 Å². The fourth-order valence-electron chi connectivity index (χ4n) is 3.60. The summed E-state index contributed by atoms with van der Waals surface area (Å²) in [6.45, 7) is 2.12. The summed E-state index contributed by atoms with van der Waals surface area (Å²) in [7, 11) is 2.23. The highest BCUT2D eigenvalue weighted by molar-refractivity contribution is 7.82. The Morgan fingerprint density at radius 1 is 1.26 bits per heavy atom. The van der Waals surface area contributed by atoms with Crippen molar-refractivity contribution in [2.75, 3.05) is 20.6 Å². The van der Waals surface area contributed by atoms with Crippen LogP contribution in [0.2, 0.25) is 0 Å². The predicted molar refractivity (Wildman–Crippen MR) is 125 cm³/mol. The minimum atomic E-state index is -1.29. The zero-order valence-corrected chi connectivity index (χ0v) is 18.6. The number of fused-ring (bicyclic) bond motifs is 1. The van der Waals surface area contributed by atoms with Gasteiger partial charge in [0.1, 0.15) is 22.6 Å². The summed E-state index contributed by atoms with van der Waals surface area (Å²) in [4.78, 5) is 0.677. The maximum atomic E-state index is 14.4. The Hall–Kier alpha value is -3.01. The normalized spacial score (nSPS) is 13.9. The van der Waals surface area contributed by atoms with E-state index in [2.05, 4.69) is 5.10 Å². The maximum Gasteiger partial charge on any atom is 0.150 e. The molecule has 0 aliphatic heterocycles. The molecule has 9 heteroatoms. The van der Waals surface area contributed by atoms with Gasteiger partial charge in [0.2, 0.25) is 0 Å². The number of nitrogens with two attached hydrogens (primary N) is 3. The number of aromatic nitrogens is 1. The van der Waals surface area contributed by atoms with Gasteiger partial charge >= 0.3 is 0 Å². The molecule has 0 spiro atoms. The third kappa shape index (κ3) is 4.53. The van der Waals surface area contributed by atoms with Crippen LogP contribution >= 0.6 is 0 Å². The van der Waals surface area contributed by atoms with Gasteiger partial charge in [0.25, 0.3) is 0 Å². The first-order valence-corrected chi connectivity index (χ1v) is 10.8. The fourth-order valence-corrected chi connectivity index (χ4v) is 4.44. The standard InChI is InChI=1S/C22H27FN6OS/c1-14-21(15-5-4-6-18(11-15)31(30)28(2)3)19-12-16(22(25)27-26)7-8-20(19)29(14)13-17(23)9-10-24/h4-9,11-12H,10,13,24,26H2,1-3H3,(H2,25,27)/b17-9-. The number of amidine groups is 1. The second kappa shape index (κ2) is 9.42. The maximum absolute atomic E-state index is 14.4. The summed E-state index contributed by atoms with van der Waals surface area (Å²) in [5, 5.41) is 4.46. The van der Waals surface area contributed by atoms with Gasteiger partial charge in [-0.3, -0.25) is 0 Å². The number of hydrogen-bond donors (Lipinski definition) is 3. The quantitative estimate of drug-likeness (QED) is 0.226. The number of allylic oxidation sites excluding steroid dienone is 1. The van der Waals surface area contributed by atoms with Gasteiger partial charge in [0.15, 0.2) is 0 Å². The molecule has 0 radical (unpaired) electrons. The lowest BCUT2D eigenvalue weighted by Crippen LogP contribution is -2.15. The highest BCUT2D eigenvalue weighted by Crippen LogP contribution is 2.36. The van der Waals surface area contributed by atoms with Gasteiger partial charge in [-0.15, -0.1) is 0 Å². The molecule has 31 heavy (non-hydrogen) atoms. The minimum absolute atomic E-state index is 0.0582. The SMILES string of the molecule is Cc1c(-c2cccc(S(=O)N(C)C)c2)c2cc(/C(N)=N/N)ccc2n1C/C(F)=C/CN. The van der Waals surface area contributed by atoms with Crippen LogP contribution < -0.4 is 17.3 Å². The lowest BCUT2D eigenvalue weighted by atomic mass is 10.0. The molecule has 164 valence electrons. The number of hydrogen-bond acceptors (Lipinski definition) is 4. The average molecular weight is 443 g/mol. The molecule has 3 rings (SSSR count). The van der Waals surface area contributed by atoms with Crippen molar-refractivity contribution in [2.24, 2.45) is 22.4 Å². The molecule has 0 saturated carbocycles. The molecule has 3 aromatic rings. The molecule has 0 amide bonds. The number of hydrazone groups is 1. The van der Waals surface area contributed by atoms with Gasteiger partial charge in [-0.2, -0.15) is 5.10 Å². The highest BCUT2D eigenvalue weighted by Gasteiger charge is 2.19. The lowest BCUT2D eigenvalue weighted by molar-refractivity contribution is 0.555. The second-order valence-electron chi connectivity index (χ2n) is 7.27. The molecule has 0 bridgehead atoms. The molecule has 1 atom stereocenters. The van der Waals surface area contributed by atoms with Crippen molar-refractivity contribution in [2.45, 2.75) is 18.4 Å². The zero-order chi connectivity index (χ0) is 22.7. The van der Waals surface area contributed by atoms with E-state index < -0.39 is 11.0 Å². The van der Waals surface area contributed by atoms with Crippen molar-refractivity contribution in [3.05, 3.63) is 65.6 Å². The van der Waals surface area contributed by atoms with E-state index in [0.717, 1.165) is 27.7 Å². The van der Waals surface area contributed by atoms with E-state index in [0.29, 0.717) is 10.5 Å². The number of benzene rings is 2. The predicted octanol–water partition coefficient (Wildman–Crippen LogP) is 2.59. The van der Waals surface area contributed by atoms with E-state index in [1.807, 2.05) is 47.9 Å². The van der Waals surface area contributed by atoms with E-state index in [1.165, 1.54) is 6.08 Å². The van der Waals surface area contributed by atoms with E-state index in [9.17, 15) is 8.60 Å². The fraction of sp³-hybridized carbons (Fsp3) is 0.227. The summed E-state index contributed by atoms with van der Waals surface area (Å²) in [6, 6.07) is 13.1. The topological polar surface area (TPSA) is 116 Å². The van der Waals surface area contributed by atoms with Gasteiger partial charge in [-0.05, 0) is 63.0 Å². The zero-order valence-electron chi connectivity index (χ0n) is 17.8. The van der Waals surface area contributed by atoms with Crippen LogP contribution in [-0.4, -0.2) is 39.6 Å². The van der Waals surface area contributed by atoms with Gasteiger partial charge < -0.3 is 21.9 Å². The van der Waals surface area contributed by atoms with Crippen LogP contribution in [0.15, 0.2) is 64.4 Å². The third-order valence-electron chi connectivity index (χ3n) is 5.06. The van der Waals surface area contributed by atoms with E-state index in [-0.39, 0.29) is 24.8 Å². The molecule has 1 unspecified atom stereocenters. The van der Waals surface area contributed by atoms with Crippen LogP contribution in [0.3, 0.4) is 0 Å². The smallest absolute Gasteiger partial charge is 0.150 e. The van der Waals surface area contributed by atoms with E-state index in [4.69, 9.17) is 17.3 Å². The number of halogens is 1. The first kappa shape index (κ1) is 22.7. The molecular formula is C22H27FN6OS. The van der Waals surface area contributed by atoms with Crippen LogP contribution in [0.4, 0.5) is 4.39 Å². The summed E-state index contributed by atoms with van der Waals surface area (Å²) in [6.07, 6.45) is 1.36. The van der Waals surface area contributed by atoms with Crippen LogP contribution in [0, 0.1) is 6.92 Å². The monoisotopic (exact) mass is 442 g/mol.